The van der Waals surface area contributed by atoms with Crippen LogP contribution in [0, 0.1) is 0 Å². The van der Waals surface area contributed by atoms with Crippen molar-refractivity contribution in [3.05, 3.63) is 60.2 Å². The van der Waals surface area contributed by atoms with Crippen LogP contribution in [0.1, 0.15) is 25.3 Å². The SMILES string of the molecule is CCOc1ccccc1NC(=O)N1CCC(F)(C(=O)NCc2ccccc2)CC1. The molecule has 0 spiro atoms. The minimum atomic E-state index is -1.96. The summed E-state index contributed by atoms with van der Waals surface area (Å²) in [5.41, 5.74) is -0.485. The van der Waals surface area contributed by atoms with E-state index in [0.29, 0.717) is 18.0 Å². The Balaban J connectivity index is 1.52. The number of rotatable bonds is 6. The molecule has 1 aliphatic heterocycles. The zero-order valence-electron chi connectivity index (χ0n) is 16.5. The second-order valence-electron chi connectivity index (χ2n) is 6.98. The lowest BCUT2D eigenvalue weighted by Gasteiger charge is -2.35. The molecule has 0 atom stereocenters. The fourth-order valence-corrected chi connectivity index (χ4v) is 3.27. The van der Waals surface area contributed by atoms with Crippen molar-refractivity contribution in [2.75, 3.05) is 25.0 Å². The number of nitrogens with one attached hydrogen (secondary N) is 2. The van der Waals surface area contributed by atoms with Crippen molar-refractivity contribution in [2.24, 2.45) is 0 Å². The Bertz CT molecular complexity index is 836. The quantitative estimate of drug-likeness (QED) is 0.777. The highest BCUT2D eigenvalue weighted by molar-refractivity contribution is 5.91. The van der Waals surface area contributed by atoms with Crippen molar-refractivity contribution in [3.63, 3.8) is 0 Å². The van der Waals surface area contributed by atoms with Crippen molar-refractivity contribution in [3.8, 4) is 5.75 Å². The van der Waals surface area contributed by atoms with Crippen LogP contribution in [-0.4, -0.2) is 42.2 Å². The highest BCUT2D eigenvalue weighted by Crippen LogP contribution is 2.29. The van der Waals surface area contributed by atoms with Crippen LogP contribution in [0.3, 0.4) is 0 Å². The topological polar surface area (TPSA) is 70.7 Å². The van der Waals surface area contributed by atoms with Gasteiger partial charge < -0.3 is 20.3 Å². The van der Waals surface area contributed by atoms with Gasteiger partial charge in [0.15, 0.2) is 5.67 Å². The fraction of sp³-hybridized carbons (Fsp3) is 0.364. The molecule has 0 aromatic heterocycles. The Labute approximate surface area is 170 Å². The van der Waals surface area contributed by atoms with E-state index in [2.05, 4.69) is 10.6 Å². The van der Waals surface area contributed by atoms with Crippen molar-refractivity contribution in [1.29, 1.82) is 0 Å². The Morgan fingerprint density at radius 1 is 1.07 bits per heavy atom. The van der Waals surface area contributed by atoms with Crippen LogP contribution in [0.5, 0.6) is 5.75 Å². The number of urea groups is 1. The zero-order chi connectivity index (χ0) is 20.7. The van der Waals surface area contributed by atoms with Crippen molar-refractivity contribution in [1.82, 2.24) is 10.2 Å². The maximum Gasteiger partial charge on any atom is 0.321 e. The molecule has 0 radical (unpaired) electrons. The summed E-state index contributed by atoms with van der Waals surface area (Å²) in [4.78, 5) is 26.4. The summed E-state index contributed by atoms with van der Waals surface area (Å²) in [5, 5.41) is 5.47. The molecule has 29 heavy (non-hydrogen) atoms. The van der Waals surface area contributed by atoms with Gasteiger partial charge in [-0.25, -0.2) is 9.18 Å². The number of anilines is 1. The summed E-state index contributed by atoms with van der Waals surface area (Å²) in [6.07, 6.45) is -0.0672. The first-order chi connectivity index (χ1) is 14.0. The third-order valence-electron chi connectivity index (χ3n) is 4.97. The van der Waals surface area contributed by atoms with E-state index in [1.807, 2.05) is 43.3 Å². The van der Waals surface area contributed by atoms with E-state index in [0.717, 1.165) is 5.56 Å². The van der Waals surface area contributed by atoms with Gasteiger partial charge in [0.05, 0.1) is 12.3 Å². The van der Waals surface area contributed by atoms with Crippen molar-refractivity contribution >= 4 is 17.6 Å². The van der Waals surface area contributed by atoms with E-state index in [1.165, 1.54) is 4.90 Å². The molecule has 2 aromatic rings. The molecule has 154 valence electrons. The second kappa shape index (κ2) is 9.41. The van der Waals surface area contributed by atoms with E-state index in [4.69, 9.17) is 4.74 Å². The van der Waals surface area contributed by atoms with Gasteiger partial charge in [-0.1, -0.05) is 42.5 Å². The first-order valence-corrected chi connectivity index (χ1v) is 9.81. The molecule has 3 amide bonds. The Morgan fingerprint density at radius 2 is 1.72 bits per heavy atom. The molecule has 1 fully saturated rings. The normalized spacial score (nSPS) is 15.4. The van der Waals surface area contributed by atoms with Gasteiger partial charge in [-0.15, -0.1) is 0 Å². The smallest absolute Gasteiger partial charge is 0.321 e. The van der Waals surface area contributed by atoms with E-state index in [1.54, 1.807) is 18.2 Å². The number of carbonyl (C=O) groups excluding carboxylic acids is 2. The summed E-state index contributed by atoms with van der Waals surface area (Å²) < 4.78 is 20.6. The number of para-hydroxylation sites is 2. The standard InChI is InChI=1S/C22H26FN3O3/c1-2-29-19-11-7-6-10-18(19)25-21(28)26-14-12-22(23,13-15-26)20(27)24-16-17-8-4-3-5-9-17/h3-11H,2,12-16H2,1H3,(H,24,27)(H,25,28). The number of nitrogens with zero attached hydrogens (tertiary/aromatic N) is 1. The molecule has 7 heteroatoms. The molecule has 1 saturated heterocycles. The van der Waals surface area contributed by atoms with Crippen LogP contribution in [0.25, 0.3) is 0 Å². The van der Waals surface area contributed by atoms with E-state index in [9.17, 15) is 9.59 Å². The molecule has 1 aliphatic rings. The van der Waals surface area contributed by atoms with Crippen molar-refractivity contribution < 1.29 is 18.7 Å². The summed E-state index contributed by atoms with van der Waals surface area (Å²) in [6, 6.07) is 16.2. The number of hydrogen-bond acceptors (Lipinski definition) is 3. The van der Waals surface area contributed by atoms with Crippen LogP contribution in [0.15, 0.2) is 54.6 Å². The van der Waals surface area contributed by atoms with Gasteiger partial charge in [0, 0.05) is 32.5 Å². The number of hydrogen-bond donors (Lipinski definition) is 2. The van der Waals surface area contributed by atoms with Crippen LogP contribution in [-0.2, 0) is 11.3 Å². The van der Waals surface area contributed by atoms with Crippen molar-refractivity contribution in [2.45, 2.75) is 32.0 Å². The average molecular weight is 399 g/mol. The number of halogens is 1. The van der Waals surface area contributed by atoms with Gasteiger partial charge in [0.25, 0.3) is 5.91 Å². The minimum absolute atomic E-state index is 0.0336. The molecular weight excluding hydrogens is 373 g/mol. The molecule has 6 nitrogen and oxygen atoms in total. The molecule has 3 rings (SSSR count). The number of carbonyl (C=O) groups is 2. The molecule has 2 N–H and O–H groups in total. The first-order valence-electron chi connectivity index (χ1n) is 9.81. The Hall–Kier alpha value is -3.09. The lowest BCUT2D eigenvalue weighted by Crippen LogP contribution is -2.52. The van der Waals surface area contributed by atoms with Gasteiger partial charge >= 0.3 is 6.03 Å². The molecule has 2 aromatic carbocycles. The summed E-state index contributed by atoms with van der Waals surface area (Å²) in [7, 11) is 0. The van der Waals surface area contributed by atoms with E-state index in [-0.39, 0.29) is 38.5 Å². The predicted molar refractivity (Wildman–Crippen MR) is 110 cm³/mol. The average Bonchev–Trinajstić information content (AvgIpc) is 2.74. The van der Waals surface area contributed by atoms with Crippen LogP contribution < -0.4 is 15.4 Å². The number of ether oxygens (including phenoxy) is 1. The van der Waals surface area contributed by atoms with Gasteiger partial charge in [-0.05, 0) is 24.6 Å². The second-order valence-corrected chi connectivity index (χ2v) is 6.98. The first kappa shape index (κ1) is 20.6. The Morgan fingerprint density at radius 3 is 2.41 bits per heavy atom. The van der Waals surface area contributed by atoms with Gasteiger partial charge in [0.2, 0.25) is 0 Å². The minimum Gasteiger partial charge on any atom is -0.492 e. The van der Waals surface area contributed by atoms with Crippen LogP contribution in [0.4, 0.5) is 14.9 Å². The lowest BCUT2D eigenvalue weighted by molar-refractivity contribution is -0.135. The molecule has 1 heterocycles. The third-order valence-corrected chi connectivity index (χ3v) is 4.97. The number of amides is 3. The number of alkyl halides is 1. The molecule has 0 saturated carbocycles. The summed E-state index contributed by atoms with van der Waals surface area (Å²) in [6.45, 7) is 2.96. The van der Waals surface area contributed by atoms with E-state index < -0.39 is 11.6 Å². The van der Waals surface area contributed by atoms with Gasteiger partial charge in [-0.2, -0.15) is 0 Å². The highest BCUT2D eigenvalue weighted by Gasteiger charge is 2.42. The maximum atomic E-state index is 15.1. The largest absolute Gasteiger partial charge is 0.492 e. The maximum absolute atomic E-state index is 15.1. The third kappa shape index (κ3) is 5.25. The molecular formula is C22H26FN3O3. The lowest BCUT2D eigenvalue weighted by atomic mass is 9.92. The van der Waals surface area contributed by atoms with E-state index >= 15 is 4.39 Å². The van der Waals surface area contributed by atoms with Gasteiger partial charge in [-0.3, -0.25) is 4.79 Å². The molecule has 0 aliphatic carbocycles. The zero-order valence-corrected chi connectivity index (χ0v) is 16.5. The Kier molecular flexibility index (Phi) is 6.69. The fourth-order valence-electron chi connectivity index (χ4n) is 3.27. The molecule has 0 bridgehead atoms. The summed E-state index contributed by atoms with van der Waals surface area (Å²) in [5.74, 6) is -0.0383. The van der Waals surface area contributed by atoms with Gasteiger partial charge in [0.1, 0.15) is 5.75 Å². The number of piperidine rings is 1. The number of likely N-dealkylation sites (tertiary alicyclic amines) is 1. The monoisotopic (exact) mass is 399 g/mol. The summed E-state index contributed by atoms with van der Waals surface area (Å²) >= 11 is 0. The van der Waals surface area contributed by atoms with Crippen LogP contribution in [0.2, 0.25) is 0 Å². The van der Waals surface area contributed by atoms with Crippen LogP contribution >= 0.6 is 0 Å². The predicted octanol–water partition coefficient (Wildman–Crippen LogP) is 3.74. The highest BCUT2D eigenvalue weighted by atomic mass is 19.1. The molecule has 0 unspecified atom stereocenters. The number of benzene rings is 2.